The number of rotatable bonds is 4. The van der Waals surface area contributed by atoms with Gasteiger partial charge in [0.15, 0.2) is 5.65 Å². The summed E-state index contributed by atoms with van der Waals surface area (Å²) in [6.45, 7) is 5.15. The van der Waals surface area contributed by atoms with Crippen molar-refractivity contribution in [1.82, 2.24) is 25.6 Å². The highest BCUT2D eigenvalue weighted by Gasteiger charge is 2.36. The first-order chi connectivity index (χ1) is 17.1. The van der Waals surface area contributed by atoms with Gasteiger partial charge in [-0.3, -0.25) is 4.79 Å². The van der Waals surface area contributed by atoms with Crippen molar-refractivity contribution in [3.8, 4) is 11.3 Å². The minimum atomic E-state index is -0.185. The number of amides is 1. The van der Waals surface area contributed by atoms with Gasteiger partial charge in [-0.25, -0.2) is 9.97 Å². The largest absolute Gasteiger partial charge is 0.371 e. The molecule has 4 atom stereocenters. The molecule has 2 aromatic heterocycles. The number of anilines is 1. The van der Waals surface area contributed by atoms with E-state index >= 15 is 0 Å². The Hall–Kier alpha value is -3.14. The Morgan fingerprint density at radius 1 is 1.11 bits per heavy atom. The summed E-state index contributed by atoms with van der Waals surface area (Å²) in [4.78, 5) is 29.3. The molecule has 1 amide bonds. The highest BCUT2D eigenvalue weighted by atomic mass is 16.5. The molecule has 6 rings (SSSR count). The van der Waals surface area contributed by atoms with Crippen molar-refractivity contribution >= 4 is 22.9 Å². The van der Waals surface area contributed by atoms with Crippen LogP contribution in [0.1, 0.15) is 41.9 Å². The van der Waals surface area contributed by atoms with Gasteiger partial charge in [0, 0.05) is 49.2 Å². The Bertz CT molecular complexity index is 1260. The van der Waals surface area contributed by atoms with Gasteiger partial charge in [-0.15, -0.1) is 0 Å². The number of hydrogen-bond donors (Lipinski definition) is 2. The lowest BCUT2D eigenvalue weighted by atomic mass is 10.0. The molecule has 1 aromatic carbocycles. The van der Waals surface area contributed by atoms with E-state index in [1.165, 1.54) is 0 Å². The smallest absolute Gasteiger partial charge is 0.251 e. The van der Waals surface area contributed by atoms with Crippen molar-refractivity contribution in [2.24, 2.45) is 0 Å². The summed E-state index contributed by atoms with van der Waals surface area (Å²) in [7, 11) is 1.63. The van der Waals surface area contributed by atoms with Gasteiger partial charge in [-0.2, -0.15) is 4.98 Å². The molecule has 0 saturated carbocycles. The number of fused-ring (bicyclic) bond motifs is 3. The van der Waals surface area contributed by atoms with E-state index in [-0.39, 0.29) is 30.3 Å². The molecule has 3 aliphatic heterocycles. The van der Waals surface area contributed by atoms with Crippen molar-refractivity contribution in [1.29, 1.82) is 0 Å². The Morgan fingerprint density at radius 3 is 2.71 bits per heavy atom. The predicted octanol–water partition coefficient (Wildman–Crippen LogP) is 2.47. The molecule has 0 spiro atoms. The number of aromatic nitrogens is 3. The molecule has 2 N–H and O–H groups in total. The molecule has 3 aromatic rings. The zero-order valence-corrected chi connectivity index (χ0v) is 20.0. The molecule has 2 bridgehead atoms. The van der Waals surface area contributed by atoms with E-state index in [1.807, 2.05) is 30.3 Å². The lowest BCUT2D eigenvalue weighted by molar-refractivity contribution is -0.00197. The Kier molecular flexibility index (Phi) is 5.83. The van der Waals surface area contributed by atoms with Crippen molar-refractivity contribution in [2.75, 3.05) is 38.2 Å². The van der Waals surface area contributed by atoms with Crippen LogP contribution in [-0.2, 0) is 9.47 Å². The first-order valence-electron chi connectivity index (χ1n) is 12.4. The Balaban J connectivity index is 1.45. The number of nitrogens with one attached hydrogen (secondary N) is 2. The summed E-state index contributed by atoms with van der Waals surface area (Å²) in [5.41, 5.74) is 3.71. The molecule has 3 saturated heterocycles. The maximum atomic E-state index is 12.1. The summed E-state index contributed by atoms with van der Waals surface area (Å²) >= 11 is 0. The van der Waals surface area contributed by atoms with Gasteiger partial charge in [-0.05, 0) is 44.0 Å². The lowest BCUT2D eigenvalue weighted by Crippen LogP contribution is -2.44. The van der Waals surface area contributed by atoms with Crippen LogP contribution in [-0.4, -0.2) is 72.4 Å². The monoisotopic (exact) mass is 474 g/mol. The van der Waals surface area contributed by atoms with E-state index in [2.05, 4.69) is 22.5 Å². The molecular weight excluding hydrogens is 444 g/mol. The van der Waals surface area contributed by atoms with E-state index < -0.39 is 0 Å². The third-order valence-electron chi connectivity index (χ3n) is 7.14. The van der Waals surface area contributed by atoms with Crippen molar-refractivity contribution in [2.45, 2.75) is 44.1 Å². The quantitative estimate of drug-likeness (QED) is 0.595. The van der Waals surface area contributed by atoms with Gasteiger partial charge in [0.2, 0.25) is 5.95 Å². The third-order valence-corrected chi connectivity index (χ3v) is 7.14. The fourth-order valence-corrected chi connectivity index (χ4v) is 5.32. The molecular formula is C26H30N6O3. The van der Waals surface area contributed by atoms with Gasteiger partial charge < -0.3 is 25.0 Å². The summed E-state index contributed by atoms with van der Waals surface area (Å²) < 4.78 is 12.2. The van der Waals surface area contributed by atoms with E-state index in [1.54, 1.807) is 13.1 Å². The van der Waals surface area contributed by atoms with Crippen molar-refractivity contribution < 1.29 is 14.3 Å². The number of nitrogens with zero attached hydrogens (tertiary/aromatic N) is 4. The first kappa shape index (κ1) is 22.3. The van der Waals surface area contributed by atoms with Crippen LogP contribution in [0.25, 0.3) is 22.3 Å². The number of hydrogen-bond acceptors (Lipinski definition) is 8. The minimum absolute atomic E-state index is 0.125. The molecule has 182 valence electrons. The topological polar surface area (TPSA) is 102 Å². The average Bonchev–Trinajstić information content (AvgIpc) is 3.24. The highest BCUT2D eigenvalue weighted by Crippen LogP contribution is 2.33. The lowest BCUT2D eigenvalue weighted by Gasteiger charge is -2.34. The van der Waals surface area contributed by atoms with Gasteiger partial charge in [-0.1, -0.05) is 12.1 Å². The van der Waals surface area contributed by atoms with Crippen LogP contribution in [0.3, 0.4) is 0 Å². The van der Waals surface area contributed by atoms with Gasteiger partial charge >= 0.3 is 0 Å². The second kappa shape index (κ2) is 9.14. The van der Waals surface area contributed by atoms with Crippen LogP contribution in [0.4, 0.5) is 5.95 Å². The zero-order chi connectivity index (χ0) is 23.9. The van der Waals surface area contributed by atoms with Crippen LogP contribution in [0.15, 0.2) is 36.4 Å². The van der Waals surface area contributed by atoms with E-state index in [0.29, 0.717) is 23.8 Å². The molecule has 9 heteroatoms. The normalized spacial score (nSPS) is 26.2. The molecule has 0 radical (unpaired) electrons. The molecule has 4 unspecified atom stereocenters. The van der Waals surface area contributed by atoms with Crippen molar-refractivity contribution in [3.05, 3.63) is 47.7 Å². The third kappa shape index (κ3) is 4.24. The number of ether oxygens (including phenoxy) is 2. The number of morpholine rings is 2. The molecule has 35 heavy (non-hydrogen) atoms. The van der Waals surface area contributed by atoms with Crippen LogP contribution in [0.5, 0.6) is 0 Å². The van der Waals surface area contributed by atoms with Crippen LogP contribution >= 0.6 is 0 Å². The first-order valence-corrected chi connectivity index (χ1v) is 12.4. The average molecular weight is 475 g/mol. The van der Waals surface area contributed by atoms with Gasteiger partial charge in [0.1, 0.15) is 6.10 Å². The van der Waals surface area contributed by atoms with E-state index in [0.717, 1.165) is 54.8 Å². The number of benzene rings is 1. The molecule has 3 fully saturated rings. The zero-order valence-electron chi connectivity index (χ0n) is 20.0. The number of carbonyl (C=O) groups excluding carboxylic acids is 1. The second-order valence-electron chi connectivity index (χ2n) is 9.53. The number of carbonyl (C=O) groups is 1. The summed E-state index contributed by atoms with van der Waals surface area (Å²) in [5.74, 6) is 0.551. The van der Waals surface area contributed by atoms with E-state index in [4.69, 9.17) is 24.4 Å². The highest BCUT2D eigenvalue weighted by molar-refractivity contribution is 5.95. The fourth-order valence-electron chi connectivity index (χ4n) is 5.32. The fraction of sp³-hybridized carbons (Fsp3) is 0.462. The Morgan fingerprint density at radius 2 is 1.94 bits per heavy atom. The molecule has 3 aliphatic rings. The SMILES string of the molecule is CNC(=O)c1cccc(-c2ccc3c(C4OCCNC4C)nc(N4CC5CCC(C4)O5)nc3n2)c1. The number of pyridine rings is 1. The standard InChI is InChI=1S/C26H30N6O3/c1-15-23(34-11-10-28-15)22-20-8-9-21(16-4-3-5-17(12-16)25(33)27-2)29-24(20)31-26(30-22)32-13-18-6-7-19(14-32)35-18/h3-5,8-9,12,15,18-19,23,28H,6-7,10-11,13-14H2,1-2H3,(H,27,33). The van der Waals surface area contributed by atoms with Crippen LogP contribution < -0.4 is 15.5 Å². The van der Waals surface area contributed by atoms with Gasteiger partial charge in [0.05, 0.1) is 30.2 Å². The van der Waals surface area contributed by atoms with Crippen LogP contribution in [0, 0.1) is 0 Å². The minimum Gasteiger partial charge on any atom is -0.371 e. The Labute approximate surface area is 204 Å². The summed E-state index contributed by atoms with van der Waals surface area (Å²) in [6.07, 6.45) is 2.44. The molecule has 0 aliphatic carbocycles. The summed E-state index contributed by atoms with van der Waals surface area (Å²) in [6, 6.07) is 11.6. The summed E-state index contributed by atoms with van der Waals surface area (Å²) in [5, 5.41) is 7.06. The molecule has 9 nitrogen and oxygen atoms in total. The van der Waals surface area contributed by atoms with Gasteiger partial charge in [0.25, 0.3) is 5.91 Å². The van der Waals surface area contributed by atoms with Crippen molar-refractivity contribution in [3.63, 3.8) is 0 Å². The predicted molar refractivity (Wildman–Crippen MR) is 132 cm³/mol. The maximum absolute atomic E-state index is 12.1. The molecule has 5 heterocycles. The van der Waals surface area contributed by atoms with E-state index in [9.17, 15) is 4.79 Å². The second-order valence-corrected chi connectivity index (χ2v) is 9.53. The van der Waals surface area contributed by atoms with Crippen LogP contribution in [0.2, 0.25) is 0 Å². The maximum Gasteiger partial charge on any atom is 0.251 e.